The molecular weight excluding hydrogens is 532 g/mol. The smallest absolute Gasteiger partial charge is 0.430 e. The van der Waals surface area contributed by atoms with E-state index in [2.05, 4.69) is 5.32 Å². The highest BCUT2D eigenvalue weighted by Gasteiger charge is 2.43. The lowest BCUT2D eigenvalue weighted by molar-refractivity contribution is -0.815. The molecule has 1 unspecified atom stereocenters. The number of aliphatic carboxylic acids is 1. The molecule has 0 saturated heterocycles. The van der Waals surface area contributed by atoms with Gasteiger partial charge in [-0.3, -0.25) is 10.1 Å². The van der Waals surface area contributed by atoms with Crippen molar-refractivity contribution in [1.82, 2.24) is 10.6 Å². The summed E-state index contributed by atoms with van der Waals surface area (Å²) in [7, 11) is 0. The molecule has 0 aliphatic carbocycles. The van der Waals surface area contributed by atoms with Gasteiger partial charge in [-0.2, -0.15) is 26.3 Å². The SMILES string of the molecule is CC(C)C[C@H](NC(=O)CC(N[C@@H](C)C(=O)[NH2+]O)C(F)(F)F)C(=O)OCc1ccccc1.O=C([O-])C(F)(F)F. The normalized spacial score (nSPS) is 14.0. The largest absolute Gasteiger partial charge is 0.542 e. The Hall–Kier alpha value is -3.24. The van der Waals surface area contributed by atoms with E-state index in [9.17, 15) is 40.7 Å². The van der Waals surface area contributed by atoms with Gasteiger partial charge in [-0.1, -0.05) is 44.2 Å². The number of halogens is 6. The van der Waals surface area contributed by atoms with Crippen LogP contribution in [0.2, 0.25) is 0 Å². The zero-order chi connectivity index (χ0) is 29.7. The molecule has 216 valence electrons. The summed E-state index contributed by atoms with van der Waals surface area (Å²) in [6, 6.07) is 4.01. The Labute approximate surface area is 213 Å². The molecule has 1 aromatic rings. The molecule has 3 atom stereocenters. The fourth-order valence-electron chi connectivity index (χ4n) is 2.72. The highest BCUT2D eigenvalue weighted by Crippen LogP contribution is 2.23. The Morgan fingerprint density at radius 2 is 1.55 bits per heavy atom. The van der Waals surface area contributed by atoms with Gasteiger partial charge < -0.3 is 20.0 Å². The van der Waals surface area contributed by atoms with Gasteiger partial charge in [-0.15, -0.1) is 5.48 Å². The molecule has 0 aliphatic rings. The summed E-state index contributed by atoms with van der Waals surface area (Å²) >= 11 is 0. The van der Waals surface area contributed by atoms with E-state index in [1.54, 1.807) is 44.2 Å². The average Bonchev–Trinajstić information content (AvgIpc) is 2.80. The fraction of sp³-hybridized carbons (Fsp3) is 0.545. The van der Waals surface area contributed by atoms with E-state index in [0.717, 1.165) is 12.5 Å². The highest BCUT2D eigenvalue weighted by molar-refractivity contribution is 5.85. The minimum Gasteiger partial charge on any atom is -0.542 e. The van der Waals surface area contributed by atoms with Crippen LogP contribution in [0.15, 0.2) is 30.3 Å². The number of carboxylic acid groups (broad SMARTS) is 1. The molecule has 0 bridgehead atoms. The number of benzene rings is 1. The monoisotopic (exact) mass is 561 g/mol. The minimum absolute atomic E-state index is 0.0336. The number of nitrogens with one attached hydrogen (secondary N) is 2. The molecule has 0 radical (unpaired) electrons. The second-order valence-corrected chi connectivity index (χ2v) is 8.35. The van der Waals surface area contributed by atoms with Crippen LogP contribution in [-0.2, 0) is 30.5 Å². The number of quaternary nitrogens is 1. The highest BCUT2D eigenvalue weighted by atomic mass is 19.4. The first kappa shape index (κ1) is 34.8. The van der Waals surface area contributed by atoms with Crippen molar-refractivity contribution in [3.8, 4) is 0 Å². The number of primary amides is 1. The molecule has 16 heteroatoms. The molecule has 0 spiro atoms. The molecule has 0 aromatic heterocycles. The van der Waals surface area contributed by atoms with Crippen molar-refractivity contribution >= 4 is 23.8 Å². The number of hydrogen-bond donors (Lipinski definition) is 4. The van der Waals surface area contributed by atoms with Crippen LogP contribution in [-0.4, -0.2) is 59.4 Å². The van der Waals surface area contributed by atoms with Crippen LogP contribution >= 0.6 is 0 Å². The van der Waals surface area contributed by atoms with Crippen molar-refractivity contribution in [2.75, 3.05) is 0 Å². The van der Waals surface area contributed by atoms with Crippen molar-refractivity contribution in [2.45, 2.75) is 70.7 Å². The summed E-state index contributed by atoms with van der Waals surface area (Å²) in [5.74, 6) is -5.78. The van der Waals surface area contributed by atoms with Crippen molar-refractivity contribution < 1.29 is 66.1 Å². The standard InChI is InChI=1S/C20H28F3N3O5.C2HF3O2/c1-12(2)9-15(19(29)31-11-14-7-5-4-6-8-14)25-17(27)10-16(20(21,22)23)24-13(3)18(28)26-30;3-2(4,5)1(6)7/h4-8,12-13,15-16,24,30H,9-11H2,1-3H3,(H,25,27)(H,26,28);(H,6,7)/t13-,15-,16?;/m0./s1. The predicted molar refractivity (Wildman–Crippen MR) is 114 cm³/mol. The number of amides is 2. The number of rotatable bonds is 11. The van der Waals surface area contributed by atoms with Gasteiger partial charge in [-0.25, -0.2) is 14.8 Å². The van der Waals surface area contributed by atoms with Crippen LogP contribution in [0.4, 0.5) is 26.3 Å². The van der Waals surface area contributed by atoms with Crippen LogP contribution in [0, 0.1) is 5.92 Å². The first-order chi connectivity index (χ1) is 17.4. The van der Waals surface area contributed by atoms with Gasteiger partial charge in [0.15, 0.2) is 0 Å². The molecule has 10 nitrogen and oxygen atoms in total. The van der Waals surface area contributed by atoms with E-state index >= 15 is 0 Å². The van der Waals surface area contributed by atoms with E-state index in [1.165, 1.54) is 0 Å². The van der Waals surface area contributed by atoms with Crippen LogP contribution in [0.3, 0.4) is 0 Å². The van der Waals surface area contributed by atoms with Crippen molar-refractivity contribution in [3.63, 3.8) is 0 Å². The molecule has 0 fully saturated rings. The number of ether oxygens (including phenoxy) is 1. The molecule has 1 rings (SSSR count). The zero-order valence-corrected chi connectivity index (χ0v) is 20.6. The topological polar surface area (TPSA) is 161 Å². The van der Waals surface area contributed by atoms with E-state index in [-0.39, 0.29) is 24.4 Å². The quantitative estimate of drug-likeness (QED) is 0.130. The molecule has 1 aromatic carbocycles. The third-order valence-corrected chi connectivity index (χ3v) is 4.57. The van der Waals surface area contributed by atoms with Crippen LogP contribution < -0.4 is 21.2 Å². The zero-order valence-electron chi connectivity index (χ0n) is 20.6. The number of nitrogens with two attached hydrogens (primary N) is 1. The lowest BCUT2D eigenvalue weighted by Crippen LogP contribution is -2.88. The van der Waals surface area contributed by atoms with Gasteiger partial charge >= 0.3 is 24.2 Å². The summed E-state index contributed by atoms with van der Waals surface area (Å²) in [5.41, 5.74) is 0.887. The maximum absolute atomic E-state index is 13.3. The third-order valence-electron chi connectivity index (χ3n) is 4.57. The molecule has 0 heterocycles. The van der Waals surface area contributed by atoms with Crippen LogP contribution in [0.25, 0.3) is 0 Å². The Balaban J connectivity index is 0.00000171. The maximum Gasteiger partial charge on any atom is 0.430 e. The molecule has 38 heavy (non-hydrogen) atoms. The number of esters is 1. The number of hydroxylamine groups is 1. The first-order valence-corrected chi connectivity index (χ1v) is 11.0. The van der Waals surface area contributed by atoms with Crippen LogP contribution in [0.5, 0.6) is 0 Å². The van der Waals surface area contributed by atoms with Crippen molar-refractivity contribution in [2.24, 2.45) is 5.92 Å². The molecule has 0 saturated carbocycles. The lowest BCUT2D eigenvalue weighted by Gasteiger charge is -2.25. The summed E-state index contributed by atoms with van der Waals surface area (Å²) in [4.78, 5) is 44.8. The average molecular weight is 561 g/mol. The van der Waals surface area contributed by atoms with Gasteiger partial charge in [-0.05, 0) is 24.8 Å². The summed E-state index contributed by atoms with van der Waals surface area (Å²) < 4.78 is 76.7. The summed E-state index contributed by atoms with van der Waals surface area (Å²) in [6.45, 7) is 4.69. The molecule has 2 amide bonds. The van der Waals surface area contributed by atoms with Gasteiger partial charge in [0.05, 0.1) is 6.42 Å². The van der Waals surface area contributed by atoms with E-state index in [0.29, 0.717) is 0 Å². The fourth-order valence-corrected chi connectivity index (χ4v) is 2.72. The maximum atomic E-state index is 13.3. The second-order valence-electron chi connectivity index (χ2n) is 8.35. The molecule has 0 aliphatic heterocycles. The number of carboxylic acids is 1. The Morgan fingerprint density at radius 1 is 1.03 bits per heavy atom. The Bertz CT molecular complexity index is 911. The van der Waals surface area contributed by atoms with Gasteiger partial charge in [0.25, 0.3) is 0 Å². The number of carbonyl (C=O) groups excluding carboxylic acids is 4. The second kappa shape index (κ2) is 15.9. The summed E-state index contributed by atoms with van der Waals surface area (Å²) in [6.07, 6.45) is -10.9. The van der Waals surface area contributed by atoms with Crippen LogP contribution in [0.1, 0.15) is 39.2 Å². The predicted octanol–water partition coefficient (Wildman–Crippen LogP) is 0.338. The van der Waals surface area contributed by atoms with E-state index in [4.69, 9.17) is 19.8 Å². The van der Waals surface area contributed by atoms with Crippen molar-refractivity contribution in [1.29, 1.82) is 0 Å². The summed E-state index contributed by atoms with van der Waals surface area (Å²) in [5, 5.41) is 21.8. The first-order valence-electron chi connectivity index (χ1n) is 11.0. The number of carbonyl (C=O) groups is 4. The number of hydrogen-bond acceptors (Lipinski definition) is 8. The number of alkyl halides is 6. The Kier molecular flexibility index (Phi) is 14.5. The van der Waals surface area contributed by atoms with E-state index in [1.807, 2.05) is 5.32 Å². The Morgan fingerprint density at radius 3 is 1.97 bits per heavy atom. The third kappa shape index (κ3) is 14.5. The minimum atomic E-state index is -5.19. The molecule has 5 N–H and O–H groups in total. The van der Waals surface area contributed by atoms with Gasteiger partial charge in [0, 0.05) is 0 Å². The molecular formula is C22H29F6N3O7. The lowest BCUT2D eigenvalue weighted by atomic mass is 10.0. The van der Waals surface area contributed by atoms with Crippen molar-refractivity contribution in [3.05, 3.63) is 35.9 Å². The van der Waals surface area contributed by atoms with Gasteiger partial charge in [0.2, 0.25) is 5.91 Å². The van der Waals surface area contributed by atoms with Gasteiger partial charge in [0.1, 0.15) is 30.7 Å². The van der Waals surface area contributed by atoms with E-state index < -0.39 is 60.7 Å².